The molecule has 1 atom stereocenters. The molecule has 0 bridgehead atoms. The quantitative estimate of drug-likeness (QED) is 0.374. The molecule has 1 aliphatic heterocycles. The molecule has 1 heterocycles. The lowest BCUT2D eigenvalue weighted by Gasteiger charge is -2.40. The summed E-state index contributed by atoms with van der Waals surface area (Å²) in [5.41, 5.74) is 2.53. The van der Waals surface area contributed by atoms with Crippen LogP contribution in [0.3, 0.4) is 0 Å². The fraction of sp³-hybridized carbons (Fsp3) is 0.464. The molecule has 1 aliphatic rings. The highest BCUT2D eigenvalue weighted by Crippen LogP contribution is 2.29. The Hall–Kier alpha value is -3.19. The highest BCUT2D eigenvalue weighted by Gasteiger charge is 2.45. The zero-order chi connectivity index (χ0) is 25.3. The van der Waals surface area contributed by atoms with E-state index in [1.54, 1.807) is 19.1 Å². The van der Waals surface area contributed by atoms with Crippen molar-refractivity contribution in [1.82, 2.24) is 0 Å². The average molecular weight is 482 g/mol. The molecular formula is C28H37N2O5+. The standard InChI is InChI=1S/C28H36N2O5/c1-4-12-24(27(32)29-26-21(3)13-11-16-23(26)28(33)34-5-2)30(17-9-10-18-30)19-25(31)35-20-22-14-7-6-8-15-22/h6-8,11,13-16,24H,4-5,9-10,12,17-20H2,1-3H3/p+1. The third-order valence-electron chi connectivity index (χ3n) is 6.69. The Bertz CT molecular complexity index is 1020. The van der Waals surface area contributed by atoms with Crippen LogP contribution >= 0.6 is 0 Å². The summed E-state index contributed by atoms with van der Waals surface area (Å²) in [4.78, 5) is 39.1. The Morgan fingerprint density at radius 1 is 0.971 bits per heavy atom. The molecule has 0 aromatic heterocycles. The van der Waals surface area contributed by atoms with Gasteiger partial charge in [0.1, 0.15) is 6.61 Å². The van der Waals surface area contributed by atoms with E-state index in [0.29, 0.717) is 22.2 Å². The van der Waals surface area contributed by atoms with Crippen LogP contribution in [0.25, 0.3) is 0 Å². The van der Waals surface area contributed by atoms with Crippen LogP contribution in [0.5, 0.6) is 0 Å². The number of ether oxygens (including phenoxy) is 2. The first-order valence-corrected chi connectivity index (χ1v) is 12.5. The molecule has 2 aromatic carbocycles. The van der Waals surface area contributed by atoms with Crippen LogP contribution in [-0.2, 0) is 25.7 Å². The second kappa shape index (κ2) is 12.5. The van der Waals surface area contributed by atoms with Crippen molar-refractivity contribution in [2.75, 3.05) is 31.6 Å². The van der Waals surface area contributed by atoms with Crippen molar-refractivity contribution in [3.05, 3.63) is 65.2 Å². The summed E-state index contributed by atoms with van der Waals surface area (Å²) in [6, 6.07) is 14.5. The van der Waals surface area contributed by atoms with E-state index in [1.807, 2.05) is 50.2 Å². The maximum absolute atomic E-state index is 13.7. The number of nitrogens with one attached hydrogen (secondary N) is 1. The molecule has 188 valence electrons. The monoisotopic (exact) mass is 481 g/mol. The van der Waals surface area contributed by atoms with Crippen molar-refractivity contribution < 1.29 is 28.3 Å². The Labute approximate surface area is 208 Å². The van der Waals surface area contributed by atoms with Crippen LogP contribution < -0.4 is 5.32 Å². The van der Waals surface area contributed by atoms with Crippen molar-refractivity contribution in [3.63, 3.8) is 0 Å². The van der Waals surface area contributed by atoms with Crippen LogP contribution in [0.2, 0.25) is 0 Å². The van der Waals surface area contributed by atoms with Gasteiger partial charge in [-0.05, 0) is 37.5 Å². The topological polar surface area (TPSA) is 81.7 Å². The molecule has 2 aromatic rings. The van der Waals surface area contributed by atoms with Crippen LogP contribution in [0.1, 0.15) is 61.0 Å². The Morgan fingerprint density at radius 3 is 2.34 bits per heavy atom. The lowest BCUT2D eigenvalue weighted by atomic mass is 10.0. The Balaban J connectivity index is 1.80. The zero-order valence-corrected chi connectivity index (χ0v) is 21.0. The van der Waals surface area contributed by atoms with Gasteiger partial charge in [-0.2, -0.15) is 0 Å². The number of benzene rings is 2. The minimum Gasteiger partial charge on any atom is -0.462 e. The van der Waals surface area contributed by atoms with Crippen LogP contribution in [0.15, 0.2) is 48.5 Å². The summed E-state index contributed by atoms with van der Waals surface area (Å²) < 4.78 is 11.2. The van der Waals surface area contributed by atoms with Crippen LogP contribution in [0, 0.1) is 6.92 Å². The summed E-state index contributed by atoms with van der Waals surface area (Å²) in [6.45, 7) is 7.77. The summed E-state index contributed by atoms with van der Waals surface area (Å²) in [5.74, 6) is -0.940. The number of hydrogen-bond donors (Lipinski definition) is 1. The molecule has 1 saturated heterocycles. The molecule has 0 radical (unpaired) electrons. The number of carbonyl (C=O) groups is 3. The van der Waals surface area contributed by atoms with E-state index >= 15 is 0 Å². The van der Waals surface area contributed by atoms with Crippen LogP contribution in [0.4, 0.5) is 5.69 Å². The van der Waals surface area contributed by atoms with Gasteiger partial charge in [-0.25, -0.2) is 9.59 Å². The normalized spacial score (nSPS) is 15.3. The van der Waals surface area contributed by atoms with Gasteiger partial charge in [0.25, 0.3) is 5.91 Å². The van der Waals surface area contributed by atoms with Gasteiger partial charge in [-0.15, -0.1) is 0 Å². The number of anilines is 1. The predicted octanol–water partition coefficient (Wildman–Crippen LogP) is 4.63. The number of nitrogens with zero attached hydrogens (tertiary/aromatic N) is 1. The number of aryl methyl sites for hydroxylation is 1. The summed E-state index contributed by atoms with van der Waals surface area (Å²) >= 11 is 0. The van der Waals surface area contributed by atoms with Crippen LogP contribution in [-0.4, -0.2) is 54.6 Å². The SMILES string of the molecule is CCCC(C(=O)Nc1c(C)cccc1C(=O)OCC)[N+]1(CC(=O)OCc2ccccc2)CCCC1. The lowest BCUT2D eigenvalue weighted by Crippen LogP contribution is -2.60. The molecule has 1 fully saturated rings. The highest BCUT2D eigenvalue weighted by molar-refractivity contribution is 6.03. The summed E-state index contributed by atoms with van der Waals surface area (Å²) in [6.07, 6.45) is 3.35. The summed E-state index contributed by atoms with van der Waals surface area (Å²) in [5, 5.41) is 3.03. The molecule has 0 saturated carbocycles. The van der Waals surface area contributed by atoms with Gasteiger partial charge in [0.15, 0.2) is 12.6 Å². The number of rotatable bonds is 11. The van der Waals surface area contributed by atoms with E-state index in [1.165, 1.54) is 0 Å². The number of para-hydroxylation sites is 1. The smallest absolute Gasteiger partial charge is 0.362 e. The Morgan fingerprint density at radius 2 is 1.69 bits per heavy atom. The largest absolute Gasteiger partial charge is 0.462 e. The molecule has 3 rings (SSSR count). The maximum atomic E-state index is 13.7. The zero-order valence-electron chi connectivity index (χ0n) is 21.0. The average Bonchev–Trinajstić information content (AvgIpc) is 3.32. The van der Waals surface area contributed by atoms with Crippen molar-refractivity contribution in [3.8, 4) is 0 Å². The molecule has 35 heavy (non-hydrogen) atoms. The van der Waals surface area contributed by atoms with E-state index in [2.05, 4.69) is 5.32 Å². The molecule has 1 N–H and O–H groups in total. The van der Waals surface area contributed by atoms with Gasteiger partial charge in [0, 0.05) is 19.3 Å². The first kappa shape index (κ1) is 26.4. The second-order valence-corrected chi connectivity index (χ2v) is 9.19. The van der Waals surface area contributed by atoms with Gasteiger partial charge in [-0.3, -0.25) is 4.79 Å². The minimum atomic E-state index is -0.465. The first-order chi connectivity index (χ1) is 16.9. The van der Waals surface area contributed by atoms with Crippen molar-refractivity contribution in [1.29, 1.82) is 0 Å². The summed E-state index contributed by atoms with van der Waals surface area (Å²) in [7, 11) is 0. The number of carbonyl (C=O) groups excluding carboxylic acids is 3. The van der Waals surface area contributed by atoms with Crippen molar-refractivity contribution >= 4 is 23.5 Å². The fourth-order valence-corrected chi connectivity index (χ4v) is 4.93. The number of amides is 1. The molecule has 7 heteroatoms. The molecule has 0 spiro atoms. The molecule has 1 amide bonds. The van der Waals surface area contributed by atoms with Gasteiger partial charge in [-0.1, -0.05) is 49.4 Å². The number of hydrogen-bond acceptors (Lipinski definition) is 5. The highest BCUT2D eigenvalue weighted by atomic mass is 16.5. The van der Waals surface area contributed by atoms with Crippen molar-refractivity contribution in [2.24, 2.45) is 0 Å². The van der Waals surface area contributed by atoms with Gasteiger partial charge in [0.05, 0.1) is 30.9 Å². The molecular weight excluding hydrogens is 444 g/mol. The number of quaternary nitrogens is 1. The van der Waals surface area contributed by atoms with E-state index in [9.17, 15) is 14.4 Å². The van der Waals surface area contributed by atoms with Gasteiger partial charge < -0.3 is 19.3 Å². The second-order valence-electron chi connectivity index (χ2n) is 9.19. The van der Waals surface area contributed by atoms with E-state index in [-0.39, 0.29) is 31.6 Å². The third kappa shape index (κ3) is 6.69. The van der Waals surface area contributed by atoms with E-state index < -0.39 is 12.0 Å². The Kier molecular flexibility index (Phi) is 9.43. The number of esters is 2. The third-order valence-corrected chi connectivity index (χ3v) is 6.69. The molecule has 0 aliphatic carbocycles. The predicted molar refractivity (Wildman–Crippen MR) is 135 cm³/mol. The van der Waals surface area contributed by atoms with E-state index in [0.717, 1.165) is 43.5 Å². The van der Waals surface area contributed by atoms with Gasteiger partial charge in [0.2, 0.25) is 0 Å². The maximum Gasteiger partial charge on any atom is 0.362 e. The molecule has 7 nitrogen and oxygen atoms in total. The lowest BCUT2D eigenvalue weighted by molar-refractivity contribution is -0.925. The minimum absolute atomic E-state index is 0.156. The fourth-order valence-electron chi connectivity index (χ4n) is 4.93. The molecule has 1 unspecified atom stereocenters. The number of likely N-dealkylation sites (tertiary alicyclic amines) is 1. The van der Waals surface area contributed by atoms with E-state index in [4.69, 9.17) is 9.47 Å². The first-order valence-electron chi connectivity index (χ1n) is 12.5. The van der Waals surface area contributed by atoms with Crippen molar-refractivity contribution in [2.45, 2.75) is 59.1 Å². The van der Waals surface area contributed by atoms with Gasteiger partial charge >= 0.3 is 11.9 Å².